The van der Waals surface area contributed by atoms with E-state index in [9.17, 15) is 0 Å². The molecule has 0 aromatic carbocycles. The SMILES string of the molecule is NCCn1ncc2c1-c1ccoc1CC2. The van der Waals surface area contributed by atoms with Crippen LogP contribution in [0.2, 0.25) is 0 Å². The summed E-state index contributed by atoms with van der Waals surface area (Å²) < 4.78 is 7.42. The van der Waals surface area contributed by atoms with Crippen molar-refractivity contribution in [1.82, 2.24) is 9.78 Å². The van der Waals surface area contributed by atoms with Crippen molar-refractivity contribution >= 4 is 0 Å². The van der Waals surface area contributed by atoms with Crippen molar-refractivity contribution in [3.05, 3.63) is 29.9 Å². The third-order valence-electron chi connectivity index (χ3n) is 2.88. The van der Waals surface area contributed by atoms with Crippen molar-refractivity contribution in [2.75, 3.05) is 6.54 Å². The quantitative estimate of drug-likeness (QED) is 0.797. The van der Waals surface area contributed by atoms with Gasteiger partial charge in [0.15, 0.2) is 0 Å². The fourth-order valence-electron chi connectivity index (χ4n) is 2.20. The van der Waals surface area contributed by atoms with Crippen molar-refractivity contribution in [3.8, 4) is 11.3 Å². The van der Waals surface area contributed by atoms with Gasteiger partial charge in [0.2, 0.25) is 0 Å². The fourth-order valence-corrected chi connectivity index (χ4v) is 2.20. The molecule has 1 aliphatic rings. The normalized spacial score (nSPS) is 13.7. The second-order valence-electron chi connectivity index (χ2n) is 3.79. The van der Waals surface area contributed by atoms with E-state index >= 15 is 0 Å². The van der Waals surface area contributed by atoms with Crippen molar-refractivity contribution < 1.29 is 4.42 Å². The molecule has 4 heteroatoms. The number of nitrogens with zero attached hydrogens (tertiary/aromatic N) is 2. The number of nitrogens with two attached hydrogens (primary N) is 1. The number of fused-ring (bicyclic) bond motifs is 3. The molecule has 2 aromatic heterocycles. The van der Waals surface area contributed by atoms with E-state index in [1.807, 2.05) is 16.9 Å². The second kappa shape index (κ2) is 3.24. The molecule has 3 rings (SSSR count). The summed E-state index contributed by atoms with van der Waals surface area (Å²) in [5.74, 6) is 1.07. The Bertz CT molecular complexity index is 484. The summed E-state index contributed by atoms with van der Waals surface area (Å²) in [5, 5.41) is 4.36. The van der Waals surface area contributed by atoms with Gasteiger partial charge in [0.05, 0.1) is 24.7 Å². The van der Waals surface area contributed by atoms with Gasteiger partial charge in [-0.25, -0.2) is 0 Å². The Morgan fingerprint density at radius 3 is 3.27 bits per heavy atom. The van der Waals surface area contributed by atoms with Crippen LogP contribution in [-0.2, 0) is 19.4 Å². The van der Waals surface area contributed by atoms with E-state index in [4.69, 9.17) is 10.2 Å². The third-order valence-corrected chi connectivity index (χ3v) is 2.88. The minimum absolute atomic E-state index is 0.612. The summed E-state index contributed by atoms with van der Waals surface area (Å²) in [6, 6.07) is 2.02. The summed E-state index contributed by atoms with van der Waals surface area (Å²) in [6.07, 6.45) is 5.69. The molecular weight excluding hydrogens is 190 g/mol. The van der Waals surface area contributed by atoms with Gasteiger partial charge in [0.25, 0.3) is 0 Å². The second-order valence-corrected chi connectivity index (χ2v) is 3.79. The van der Waals surface area contributed by atoms with Gasteiger partial charge in [-0.15, -0.1) is 0 Å². The van der Waals surface area contributed by atoms with Crippen LogP contribution >= 0.6 is 0 Å². The van der Waals surface area contributed by atoms with Crippen molar-refractivity contribution in [2.24, 2.45) is 5.73 Å². The van der Waals surface area contributed by atoms with Gasteiger partial charge in [-0.05, 0) is 18.1 Å². The van der Waals surface area contributed by atoms with Crippen LogP contribution in [0.1, 0.15) is 11.3 Å². The zero-order chi connectivity index (χ0) is 10.3. The number of rotatable bonds is 2. The molecule has 0 spiro atoms. The van der Waals surface area contributed by atoms with Crippen LogP contribution < -0.4 is 5.73 Å². The minimum atomic E-state index is 0.612. The van der Waals surface area contributed by atoms with E-state index in [-0.39, 0.29) is 0 Å². The molecule has 0 aliphatic heterocycles. The maximum absolute atomic E-state index is 5.56. The van der Waals surface area contributed by atoms with Crippen molar-refractivity contribution in [1.29, 1.82) is 0 Å². The Hall–Kier alpha value is -1.55. The van der Waals surface area contributed by atoms with Gasteiger partial charge in [-0.3, -0.25) is 4.68 Å². The maximum Gasteiger partial charge on any atom is 0.113 e. The molecule has 0 fully saturated rings. The predicted octanol–water partition coefficient (Wildman–Crippen LogP) is 1.20. The van der Waals surface area contributed by atoms with E-state index in [0.29, 0.717) is 6.54 Å². The monoisotopic (exact) mass is 203 g/mol. The fraction of sp³-hybridized carbons (Fsp3) is 0.364. The topological polar surface area (TPSA) is 57.0 Å². The number of hydrogen-bond acceptors (Lipinski definition) is 3. The molecule has 78 valence electrons. The Morgan fingerprint density at radius 1 is 1.47 bits per heavy atom. The third kappa shape index (κ3) is 1.22. The van der Waals surface area contributed by atoms with Crippen LogP contribution in [0.3, 0.4) is 0 Å². The van der Waals surface area contributed by atoms with Gasteiger partial charge in [0, 0.05) is 18.5 Å². The van der Waals surface area contributed by atoms with Gasteiger partial charge in [-0.1, -0.05) is 0 Å². The summed E-state index contributed by atoms with van der Waals surface area (Å²) in [4.78, 5) is 0. The molecule has 0 amide bonds. The molecule has 2 N–H and O–H groups in total. The highest BCUT2D eigenvalue weighted by Gasteiger charge is 2.22. The van der Waals surface area contributed by atoms with Crippen molar-refractivity contribution in [2.45, 2.75) is 19.4 Å². The molecule has 15 heavy (non-hydrogen) atoms. The van der Waals surface area contributed by atoms with E-state index in [1.54, 1.807) is 6.26 Å². The number of furan rings is 1. The number of aryl methyl sites for hydroxylation is 2. The van der Waals surface area contributed by atoms with E-state index in [0.717, 1.165) is 25.1 Å². The smallest absolute Gasteiger partial charge is 0.113 e. The Labute approximate surface area is 87.7 Å². The predicted molar refractivity (Wildman–Crippen MR) is 56.4 cm³/mol. The van der Waals surface area contributed by atoms with Crippen LogP contribution in [0.15, 0.2) is 22.9 Å². The van der Waals surface area contributed by atoms with Crippen LogP contribution in [-0.4, -0.2) is 16.3 Å². The van der Waals surface area contributed by atoms with Gasteiger partial charge >= 0.3 is 0 Å². The molecule has 0 atom stereocenters. The van der Waals surface area contributed by atoms with E-state index < -0.39 is 0 Å². The lowest BCUT2D eigenvalue weighted by Crippen LogP contribution is -2.13. The van der Waals surface area contributed by atoms with E-state index in [2.05, 4.69) is 5.10 Å². The largest absolute Gasteiger partial charge is 0.469 e. The summed E-state index contributed by atoms with van der Waals surface area (Å²) in [7, 11) is 0. The summed E-state index contributed by atoms with van der Waals surface area (Å²) in [5.41, 5.74) is 9.24. The van der Waals surface area contributed by atoms with Crippen LogP contribution in [0.5, 0.6) is 0 Å². The van der Waals surface area contributed by atoms with Gasteiger partial charge in [-0.2, -0.15) is 5.10 Å². The van der Waals surface area contributed by atoms with Crippen LogP contribution in [0.4, 0.5) is 0 Å². The molecule has 0 radical (unpaired) electrons. The molecule has 2 aromatic rings. The molecular formula is C11H13N3O. The van der Waals surface area contributed by atoms with Crippen LogP contribution in [0.25, 0.3) is 11.3 Å². The highest BCUT2D eigenvalue weighted by atomic mass is 16.3. The first-order chi connectivity index (χ1) is 7.40. The molecule has 0 saturated heterocycles. The first-order valence-electron chi connectivity index (χ1n) is 5.21. The maximum atomic E-state index is 5.56. The average Bonchev–Trinajstić information content (AvgIpc) is 2.83. The van der Waals surface area contributed by atoms with E-state index in [1.165, 1.54) is 16.8 Å². The summed E-state index contributed by atoms with van der Waals surface area (Å²) >= 11 is 0. The first-order valence-corrected chi connectivity index (χ1v) is 5.21. The Kier molecular flexibility index (Phi) is 1.89. The molecule has 0 saturated carbocycles. The lowest BCUT2D eigenvalue weighted by Gasteiger charge is -2.13. The molecule has 2 heterocycles. The zero-order valence-corrected chi connectivity index (χ0v) is 8.44. The van der Waals surface area contributed by atoms with Crippen molar-refractivity contribution in [3.63, 3.8) is 0 Å². The highest BCUT2D eigenvalue weighted by Crippen LogP contribution is 2.33. The molecule has 1 aliphatic carbocycles. The Morgan fingerprint density at radius 2 is 2.40 bits per heavy atom. The molecule has 4 nitrogen and oxygen atoms in total. The molecule has 0 unspecified atom stereocenters. The summed E-state index contributed by atoms with van der Waals surface area (Å²) in [6.45, 7) is 1.38. The lowest BCUT2D eigenvalue weighted by atomic mass is 9.96. The lowest BCUT2D eigenvalue weighted by molar-refractivity contribution is 0.506. The average molecular weight is 203 g/mol. The zero-order valence-electron chi connectivity index (χ0n) is 8.44. The highest BCUT2D eigenvalue weighted by molar-refractivity contribution is 5.67. The number of aromatic nitrogens is 2. The standard InChI is InChI=1S/C11H13N3O/c12-4-5-14-11-8(7-13-14)1-2-10-9(11)3-6-15-10/h3,6-7H,1-2,4-5,12H2. The van der Waals surface area contributed by atoms with Gasteiger partial charge < -0.3 is 10.2 Å². The number of hydrogen-bond donors (Lipinski definition) is 1. The van der Waals surface area contributed by atoms with Crippen LogP contribution in [0, 0.1) is 0 Å². The Balaban J connectivity index is 2.16. The molecule has 0 bridgehead atoms. The first kappa shape index (κ1) is 8.73. The minimum Gasteiger partial charge on any atom is -0.469 e. The van der Waals surface area contributed by atoms with Gasteiger partial charge in [0.1, 0.15) is 5.76 Å².